The van der Waals surface area contributed by atoms with Gasteiger partial charge in [-0.25, -0.2) is 4.98 Å². The van der Waals surface area contributed by atoms with E-state index in [4.69, 9.17) is 4.74 Å². The molecule has 1 aromatic heterocycles. The van der Waals surface area contributed by atoms with Crippen LogP contribution < -0.4 is 10.1 Å². The summed E-state index contributed by atoms with van der Waals surface area (Å²) < 4.78 is 6.29. The van der Waals surface area contributed by atoms with E-state index in [0.717, 1.165) is 15.9 Å². The fraction of sp³-hybridized carbons (Fsp3) is 0.308. The van der Waals surface area contributed by atoms with Crippen LogP contribution in [-0.4, -0.2) is 34.2 Å². The zero-order valence-corrected chi connectivity index (χ0v) is 12.6. The number of hydrogen-bond acceptors (Lipinski definition) is 4. The number of nitrogens with one attached hydrogen (secondary N) is 2. The number of carbonyl (C=O) groups is 1. The quantitative estimate of drug-likeness (QED) is 0.838. The Morgan fingerprint density at radius 1 is 1.50 bits per heavy atom. The van der Waals surface area contributed by atoms with Gasteiger partial charge in [-0.2, -0.15) is 5.10 Å². The highest BCUT2D eigenvalue weighted by atomic mass is 79.9. The van der Waals surface area contributed by atoms with Crippen molar-refractivity contribution in [1.29, 1.82) is 0 Å². The summed E-state index contributed by atoms with van der Waals surface area (Å²) in [6.07, 6.45) is 2.05. The van der Waals surface area contributed by atoms with Gasteiger partial charge in [-0.3, -0.25) is 9.89 Å². The highest BCUT2D eigenvalue weighted by Gasteiger charge is 2.06. The van der Waals surface area contributed by atoms with Crippen molar-refractivity contribution < 1.29 is 9.53 Å². The van der Waals surface area contributed by atoms with E-state index in [0.29, 0.717) is 18.7 Å². The molecule has 2 N–H and O–H groups in total. The lowest BCUT2D eigenvalue weighted by molar-refractivity contribution is -0.123. The summed E-state index contributed by atoms with van der Waals surface area (Å²) in [4.78, 5) is 15.6. The van der Waals surface area contributed by atoms with Gasteiger partial charge in [-0.05, 0) is 40.5 Å². The molecule has 0 radical (unpaired) electrons. The Morgan fingerprint density at radius 3 is 3.05 bits per heavy atom. The number of benzene rings is 1. The van der Waals surface area contributed by atoms with Gasteiger partial charge >= 0.3 is 0 Å². The minimum atomic E-state index is -0.169. The van der Waals surface area contributed by atoms with Gasteiger partial charge in [-0.1, -0.05) is 6.07 Å². The number of rotatable bonds is 6. The van der Waals surface area contributed by atoms with Gasteiger partial charge < -0.3 is 10.1 Å². The number of ether oxygens (including phenoxy) is 1. The van der Waals surface area contributed by atoms with Crippen molar-refractivity contribution in [3.8, 4) is 5.75 Å². The van der Waals surface area contributed by atoms with Crippen LogP contribution in [0.1, 0.15) is 11.4 Å². The molecule has 20 heavy (non-hydrogen) atoms. The third-order valence-corrected chi connectivity index (χ3v) is 3.21. The molecule has 0 fully saturated rings. The second-order valence-electron chi connectivity index (χ2n) is 4.25. The lowest BCUT2D eigenvalue weighted by Gasteiger charge is -2.09. The number of amides is 1. The summed E-state index contributed by atoms with van der Waals surface area (Å²) in [6, 6.07) is 5.71. The second-order valence-corrected chi connectivity index (χ2v) is 5.11. The molecule has 106 valence electrons. The fourth-order valence-electron chi connectivity index (χ4n) is 1.59. The monoisotopic (exact) mass is 338 g/mol. The van der Waals surface area contributed by atoms with Gasteiger partial charge in [0.2, 0.25) is 0 Å². The predicted octanol–water partition coefficient (Wildman–Crippen LogP) is 1.61. The Hall–Kier alpha value is -1.89. The van der Waals surface area contributed by atoms with E-state index < -0.39 is 0 Å². The SMILES string of the molecule is Cc1ccc(OCC(=O)NCCc2ncn[nH]2)c(Br)c1. The molecule has 2 aromatic rings. The van der Waals surface area contributed by atoms with Crippen LogP contribution in [0, 0.1) is 6.92 Å². The molecule has 0 atom stereocenters. The van der Waals surface area contributed by atoms with E-state index in [-0.39, 0.29) is 12.5 Å². The van der Waals surface area contributed by atoms with Gasteiger partial charge in [0, 0.05) is 13.0 Å². The predicted molar refractivity (Wildman–Crippen MR) is 77.5 cm³/mol. The molecule has 0 aliphatic heterocycles. The minimum absolute atomic E-state index is 0.0158. The van der Waals surface area contributed by atoms with Crippen LogP contribution in [0.4, 0.5) is 0 Å². The highest BCUT2D eigenvalue weighted by Crippen LogP contribution is 2.25. The summed E-state index contributed by atoms with van der Waals surface area (Å²) in [6.45, 7) is 2.47. The Labute approximate surface area is 125 Å². The molecule has 7 heteroatoms. The third kappa shape index (κ3) is 4.34. The van der Waals surface area contributed by atoms with E-state index in [1.165, 1.54) is 6.33 Å². The van der Waals surface area contributed by atoms with Crippen molar-refractivity contribution in [2.24, 2.45) is 0 Å². The van der Waals surface area contributed by atoms with E-state index in [9.17, 15) is 4.79 Å². The molecule has 0 saturated carbocycles. The molecule has 0 bridgehead atoms. The van der Waals surface area contributed by atoms with Gasteiger partial charge in [0.1, 0.15) is 17.9 Å². The molecule has 0 spiro atoms. The molecule has 1 heterocycles. The van der Waals surface area contributed by atoms with Crippen molar-refractivity contribution in [3.05, 3.63) is 40.4 Å². The first kappa shape index (κ1) is 14.5. The van der Waals surface area contributed by atoms with Crippen LogP contribution in [0.3, 0.4) is 0 Å². The summed E-state index contributed by atoms with van der Waals surface area (Å²) in [5.41, 5.74) is 1.13. The topological polar surface area (TPSA) is 79.9 Å². The summed E-state index contributed by atoms with van der Waals surface area (Å²) >= 11 is 3.40. The van der Waals surface area contributed by atoms with Crippen LogP contribution in [-0.2, 0) is 11.2 Å². The zero-order chi connectivity index (χ0) is 14.4. The molecule has 0 saturated heterocycles. The number of hydrogen-bond donors (Lipinski definition) is 2. The molecule has 0 aliphatic rings. The number of aromatic nitrogens is 3. The zero-order valence-electron chi connectivity index (χ0n) is 11.0. The standard InChI is InChI=1S/C13H15BrN4O2/c1-9-2-3-11(10(14)6-9)20-7-13(19)15-5-4-12-16-8-17-18-12/h2-3,6,8H,4-5,7H2,1H3,(H,15,19)(H,16,17,18). The first-order valence-electron chi connectivity index (χ1n) is 6.15. The van der Waals surface area contributed by atoms with Gasteiger partial charge in [0.15, 0.2) is 6.61 Å². The molecule has 1 aromatic carbocycles. The summed E-state index contributed by atoms with van der Waals surface area (Å²) in [5, 5.41) is 9.22. The van der Waals surface area contributed by atoms with Gasteiger partial charge in [-0.15, -0.1) is 0 Å². The molecule has 0 unspecified atom stereocenters. The summed E-state index contributed by atoms with van der Waals surface area (Å²) in [5.74, 6) is 1.23. The van der Waals surface area contributed by atoms with E-state index in [1.807, 2.05) is 25.1 Å². The molecule has 0 aliphatic carbocycles. The van der Waals surface area contributed by atoms with E-state index in [1.54, 1.807) is 0 Å². The van der Waals surface area contributed by atoms with Crippen LogP contribution in [0.5, 0.6) is 5.75 Å². The van der Waals surface area contributed by atoms with E-state index in [2.05, 4.69) is 36.4 Å². The van der Waals surface area contributed by atoms with Crippen molar-refractivity contribution >= 4 is 21.8 Å². The maximum atomic E-state index is 11.6. The average molecular weight is 339 g/mol. The van der Waals surface area contributed by atoms with Crippen molar-refractivity contribution in [2.75, 3.05) is 13.2 Å². The number of aromatic amines is 1. The summed E-state index contributed by atoms with van der Waals surface area (Å²) in [7, 11) is 0. The Kier molecular flexibility index (Phi) is 5.11. The number of carbonyl (C=O) groups excluding carboxylic acids is 1. The number of aryl methyl sites for hydroxylation is 1. The van der Waals surface area contributed by atoms with Crippen molar-refractivity contribution in [3.63, 3.8) is 0 Å². The van der Waals surface area contributed by atoms with Crippen LogP contribution in [0.15, 0.2) is 29.0 Å². The molecule has 6 nitrogen and oxygen atoms in total. The maximum absolute atomic E-state index is 11.6. The molecular weight excluding hydrogens is 324 g/mol. The lowest BCUT2D eigenvalue weighted by Crippen LogP contribution is -2.30. The first-order valence-corrected chi connectivity index (χ1v) is 6.94. The largest absolute Gasteiger partial charge is 0.483 e. The minimum Gasteiger partial charge on any atom is -0.483 e. The third-order valence-electron chi connectivity index (χ3n) is 2.60. The second kappa shape index (κ2) is 7.04. The fourth-order valence-corrected chi connectivity index (χ4v) is 2.20. The van der Waals surface area contributed by atoms with Crippen molar-refractivity contribution in [2.45, 2.75) is 13.3 Å². The van der Waals surface area contributed by atoms with Crippen LogP contribution in [0.2, 0.25) is 0 Å². The van der Waals surface area contributed by atoms with Crippen LogP contribution >= 0.6 is 15.9 Å². The highest BCUT2D eigenvalue weighted by molar-refractivity contribution is 9.10. The van der Waals surface area contributed by atoms with Gasteiger partial charge in [0.05, 0.1) is 4.47 Å². The number of nitrogens with zero attached hydrogens (tertiary/aromatic N) is 2. The number of H-pyrrole nitrogens is 1. The van der Waals surface area contributed by atoms with E-state index >= 15 is 0 Å². The van der Waals surface area contributed by atoms with Crippen LogP contribution in [0.25, 0.3) is 0 Å². The Balaban J connectivity index is 1.72. The number of halogens is 1. The normalized spacial score (nSPS) is 10.3. The molecule has 2 rings (SSSR count). The maximum Gasteiger partial charge on any atom is 0.257 e. The van der Waals surface area contributed by atoms with Crippen molar-refractivity contribution in [1.82, 2.24) is 20.5 Å². The lowest BCUT2D eigenvalue weighted by atomic mass is 10.2. The molecule has 1 amide bonds. The Morgan fingerprint density at radius 2 is 2.35 bits per heavy atom. The van der Waals surface area contributed by atoms with Gasteiger partial charge in [0.25, 0.3) is 5.91 Å². The smallest absolute Gasteiger partial charge is 0.257 e. The Bertz CT molecular complexity index is 572. The molecular formula is C13H15BrN4O2. The first-order chi connectivity index (χ1) is 9.65. The average Bonchev–Trinajstić information content (AvgIpc) is 2.91.